The second-order valence-corrected chi connectivity index (χ2v) is 11.2. The molecule has 0 aliphatic carbocycles. The molecule has 0 aromatic carbocycles. The van der Waals surface area contributed by atoms with E-state index in [2.05, 4.69) is 92.6 Å². The van der Waals surface area contributed by atoms with Gasteiger partial charge in [0.05, 0.1) is 17.1 Å². The SMILES string of the molecule is CC(C)(C)c1ccnc(-c2nccc(C(C)(C)C)c2-c2cc(C(C)(C)C)ccn2)c1. The highest BCUT2D eigenvalue weighted by atomic mass is 14.8. The van der Waals surface area contributed by atoms with Gasteiger partial charge >= 0.3 is 0 Å². The summed E-state index contributed by atoms with van der Waals surface area (Å²) in [6.07, 6.45) is 5.71. The summed E-state index contributed by atoms with van der Waals surface area (Å²) in [6.45, 7) is 20.1. The molecule has 3 aromatic rings. The fourth-order valence-electron chi connectivity index (χ4n) is 3.60. The normalized spacial score (nSPS) is 12.8. The average molecular weight is 402 g/mol. The van der Waals surface area contributed by atoms with Crippen molar-refractivity contribution in [1.29, 1.82) is 0 Å². The Labute approximate surface area is 182 Å². The molecular formula is C27H35N3. The lowest BCUT2D eigenvalue weighted by Gasteiger charge is -2.26. The van der Waals surface area contributed by atoms with Crippen molar-refractivity contribution in [1.82, 2.24) is 15.0 Å². The highest BCUT2D eigenvalue weighted by Gasteiger charge is 2.26. The van der Waals surface area contributed by atoms with E-state index >= 15 is 0 Å². The van der Waals surface area contributed by atoms with Crippen LogP contribution in [0.1, 0.15) is 79.0 Å². The van der Waals surface area contributed by atoms with Crippen LogP contribution in [0.5, 0.6) is 0 Å². The molecule has 0 fully saturated rings. The van der Waals surface area contributed by atoms with Crippen molar-refractivity contribution in [2.24, 2.45) is 0 Å². The van der Waals surface area contributed by atoms with Gasteiger partial charge in [-0.25, -0.2) is 0 Å². The Balaban J connectivity index is 2.33. The first kappa shape index (κ1) is 22.1. The van der Waals surface area contributed by atoms with Crippen LogP contribution in [0.2, 0.25) is 0 Å². The number of hydrogen-bond donors (Lipinski definition) is 0. The molecule has 0 aliphatic heterocycles. The summed E-state index contributed by atoms with van der Waals surface area (Å²) in [6, 6.07) is 10.7. The van der Waals surface area contributed by atoms with Crippen molar-refractivity contribution in [3.05, 3.63) is 65.6 Å². The maximum Gasteiger partial charge on any atom is 0.0983 e. The minimum absolute atomic E-state index is 0.0455. The highest BCUT2D eigenvalue weighted by molar-refractivity contribution is 5.81. The summed E-state index contributed by atoms with van der Waals surface area (Å²) < 4.78 is 0. The van der Waals surface area contributed by atoms with Gasteiger partial charge in [-0.2, -0.15) is 0 Å². The Hall–Kier alpha value is -2.55. The largest absolute Gasteiger partial charge is 0.256 e. The van der Waals surface area contributed by atoms with Crippen LogP contribution in [0.3, 0.4) is 0 Å². The molecule has 0 unspecified atom stereocenters. The van der Waals surface area contributed by atoms with Crippen molar-refractivity contribution in [3.8, 4) is 22.6 Å². The van der Waals surface area contributed by atoms with Gasteiger partial charge in [-0.3, -0.25) is 15.0 Å². The molecule has 0 spiro atoms. The minimum Gasteiger partial charge on any atom is -0.256 e. The number of pyridine rings is 3. The average Bonchev–Trinajstić information content (AvgIpc) is 2.65. The molecule has 0 aliphatic rings. The first-order chi connectivity index (χ1) is 13.8. The third-order valence-corrected chi connectivity index (χ3v) is 5.51. The van der Waals surface area contributed by atoms with Crippen LogP contribution in [0.25, 0.3) is 22.6 Å². The van der Waals surface area contributed by atoms with E-state index in [1.54, 1.807) is 0 Å². The van der Waals surface area contributed by atoms with Crippen molar-refractivity contribution in [2.75, 3.05) is 0 Å². The zero-order valence-corrected chi connectivity index (χ0v) is 20.0. The summed E-state index contributed by atoms with van der Waals surface area (Å²) in [7, 11) is 0. The molecule has 30 heavy (non-hydrogen) atoms. The lowest BCUT2D eigenvalue weighted by Crippen LogP contribution is -2.16. The summed E-state index contributed by atoms with van der Waals surface area (Å²) in [4.78, 5) is 14.3. The van der Waals surface area contributed by atoms with Crippen molar-refractivity contribution >= 4 is 0 Å². The van der Waals surface area contributed by atoms with Crippen molar-refractivity contribution in [2.45, 2.75) is 78.6 Å². The van der Waals surface area contributed by atoms with Gasteiger partial charge in [-0.05, 0) is 63.3 Å². The van der Waals surface area contributed by atoms with E-state index in [-0.39, 0.29) is 16.2 Å². The van der Waals surface area contributed by atoms with Crippen LogP contribution in [0.15, 0.2) is 48.9 Å². The van der Waals surface area contributed by atoms with Crippen LogP contribution in [0, 0.1) is 0 Å². The van der Waals surface area contributed by atoms with Crippen LogP contribution < -0.4 is 0 Å². The van der Waals surface area contributed by atoms with E-state index in [1.165, 1.54) is 16.7 Å². The molecule has 0 saturated carbocycles. The summed E-state index contributed by atoms with van der Waals surface area (Å²) in [5.74, 6) is 0. The van der Waals surface area contributed by atoms with E-state index in [4.69, 9.17) is 15.0 Å². The second-order valence-electron chi connectivity index (χ2n) is 11.2. The molecule has 0 saturated heterocycles. The summed E-state index contributed by atoms with van der Waals surface area (Å²) in [5.41, 5.74) is 7.61. The number of rotatable bonds is 2. The van der Waals surface area contributed by atoms with E-state index in [0.717, 1.165) is 22.6 Å². The fourth-order valence-corrected chi connectivity index (χ4v) is 3.60. The fraction of sp³-hybridized carbons (Fsp3) is 0.444. The Bertz CT molecular complexity index is 1040. The molecule has 3 aromatic heterocycles. The topological polar surface area (TPSA) is 38.7 Å². The predicted molar refractivity (Wildman–Crippen MR) is 127 cm³/mol. The molecule has 0 bridgehead atoms. The Morgan fingerprint density at radius 3 is 1.50 bits per heavy atom. The molecule has 0 radical (unpaired) electrons. The third-order valence-electron chi connectivity index (χ3n) is 5.51. The van der Waals surface area contributed by atoms with Gasteiger partial charge in [0.15, 0.2) is 0 Å². The number of hydrogen-bond acceptors (Lipinski definition) is 3. The standard InChI is InChI=1S/C27H35N3/c1-25(2,3)18-10-13-28-21(16-18)23-20(27(7,8)9)12-15-30-24(23)22-17-19(11-14-29-22)26(4,5)6/h10-17H,1-9H3. The van der Waals surface area contributed by atoms with E-state index in [9.17, 15) is 0 Å². The Morgan fingerprint density at radius 2 is 1.00 bits per heavy atom. The van der Waals surface area contributed by atoms with E-state index in [0.29, 0.717) is 0 Å². The lowest BCUT2D eigenvalue weighted by molar-refractivity contribution is 0.587. The second kappa shape index (κ2) is 7.61. The van der Waals surface area contributed by atoms with Crippen molar-refractivity contribution < 1.29 is 0 Å². The zero-order chi connectivity index (χ0) is 22.3. The van der Waals surface area contributed by atoms with Crippen LogP contribution in [0.4, 0.5) is 0 Å². The maximum atomic E-state index is 4.81. The Morgan fingerprint density at radius 1 is 0.533 bits per heavy atom. The van der Waals surface area contributed by atoms with Gasteiger partial charge in [0.1, 0.15) is 0 Å². The third kappa shape index (κ3) is 4.61. The highest BCUT2D eigenvalue weighted by Crippen LogP contribution is 2.39. The molecule has 0 amide bonds. The quantitative estimate of drug-likeness (QED) is 0.460. The van der Waals surface area contributed by atoms with Gasteiger partial charge in [-0.15, -0.1) is 0 Å². The van der Waals surface area contributed by atoms with Gasteiger partial charge < -0.3 is 0 Å². The lowest BCUT2D eigenvalue weighted by atomic mass is 9.80. The monoisotopic (exact) mass is 401 g/mol. The van der Waals surface area contributed by atoms with Crippen LogP contribution in [-0.2, 0) is 16.2 Å². The molecule has 3 rings (SSSR count). The first-order valence-corrected chi connectivity index (χ1v) is 10.7. The molecule has 0 N–H and O–H groups in total. The van der Waals surface area contributed by atoms with Crippen LogP contribution in [-0.4, -0.2) is 15.0 Å². The van der Waals surface area contributed by atoms with E-state index < -0.39 is 0 Å². The minimum atomic E-state index is -0.0475. The molecule has 158 valence electrons. The molecule has 3 heterocycles. The van der Waals surface area contributed by atoms with Crippen LogP contribution >= 0.6 is 0 Å². The predicted octanol–water partition coefficient (Wildman–Crippen LogP) is 7.10. The molecule has 3 nitrogen and oxygen atoms in total. The molecule has 0 atom stereocenters. The van der Waals surface area contributed by atoms with Gasteiger partial charge in [0.2, 0.25) is 0 Å². The molecule has 3 heteroatoms. The molecular weight excluding hydrogens is 366 g/mol. The maximum absolute atomic E-state index is 4.81. The number of nitrogens with zero attached hydrogens (tertiary/aromatic N) is 3. The van der Waals surface area contributed by atoms with E-state index in [1.807, 2.05) is 18.6 Å². The van der Waals surface area contributed by atoms with Gasteiger partial charge in [0.25, 0.3) is 0 Å². The smallest absolute Gasteiger partial charge is 0.0983 e. The first-order valence-electron chi connectivity index (χ1n) is 10.7. The zero-order valence-electron chi connectivity index (χ0n) is 20.0. The summed E-state index contributed by atoms with van der Waals surface area (Å²) in [5, 5.41) is 0. The Kier molecular flexibility index (Phi) is 5.62. The van der Waals surface area contributed by atoms with Crippen molar-refractivity contribution in [3.63, 3.8) is 0 Å². The summed E-state index contributed by atoms with van der Waals surface area (Å²) >= 11 is 0. The van der Waals surface area contributed by atoms with Gasteiger partial charge in [0, 0.05) is 24.2 Å². The van der Waals surface area contributed by atoms with Gasteiger partial charge in [-0.1, -0.05) is 62.3 Å². The number of aromatic nitrogens is 3.